The van der Waals surface area contributed by atoms with Crippen LogP contribution in [0.5, 0.6) is 0 Å². The van der Waals surface area contributed by atoms with E-state index in [1.165, 1.54) is 19.3 Å². The van der Waals surface area contributed by atoms with Crippen molar-refractivity contribution in [3.8, 4) is 0 Å². The second-order valence-corrected chi connectivity index (χ2v) is 4.04. The van der Waals surface area contributed by atoms with Crippen molar-refractivity contribution in [2.45, 2.75) is 32.6 Å². The third-order valence-corrected chi connectivity index (χ3v) is 2.95. The van der Waals surface area contributed by atoms with Crippen LogP contribution in [0, 0.1) is 5.92 Å². The van der Waals surface area contributed by atoms with Crippen LogP contribution < -0.4 is 0 Å². The van der Waals surface area contributed by atoms with E-state index in [0.29, 0.717) is 18.3 Å². The molecule has 1 aliphatic rings. The highest BCUT2D eigenvalue weighted by molar-refractivity contribution is 6.18. The Balaban J connectivity index is 2.25. The summed E-state index contributed by atoms with van der Waals surface area (Å²) in [5.74, 6) is 1.49. The predicted molar refractivity (Wildman–Crippen MR) is 54.9 cm³/mol. The summed E-state index contributed by atoms with van der Waals surface area (Å²) in [7, 11) is 0. The van der Waals surface area contributed by atoms with Crippen molar-refractivity contribution < 1.29 is 4.79 Å². The van der Waals surface area contributed by atoms with Gasteiger partial charge in [-0.15, -0.1) is 11.6 Å². The van der Waals surface area contributed by atoms with Crippen LogP contribution in [0.3, 0.4) is 0 Å². The molecule has 1 fully saturated rings. The van der Waals surface area contributed by atoms with Crippen LogP contribution in [-0.4, -0.2) is 29.8 Å². The second kappa shape index (κ2) is 5.48. The predicted octanol–water partition coefficient (Wildman–Crippen LogP) is 2.26. The van der Waals surface area contributed by atoms with Crippen LogP contribution in [0.25, 0.3) is 0 Å². The molecule has 0 N–H and O–H groups in total. The van der Waals surface area contributed by atoms with E-state index < -0.39 is 0 Å². The van der Waals surface area contributed by atoms with Gasteiger partial charge in [0, 0.05) is 25.4 Å². The van der Waals surface area contributed by atoms with Crippen molar-refractivity contribution in [3.63, 3.8) is 0 Å². The Morgan fingerprint density at radius 2 is 2.23 bits per heavy atom. The molecule has 0 saturated heterocycles. The molecule has 0 spiro atoms. The van der Waals surface area contributed by atoms with Crippen LogP contribution >= 0.6 is 11.6 Å². The average Bonchev–Trinajstić information content (AvgIpc) is 2.07. The standard InChI is InChI=1S/C10H18ClNO/c1-2-12(7-6-11)10(13)8-9-4-3-5-9/h9H,2-8H2,1H3. The molecule has 0 radical (unpaired) electrons. The van der Waals surface area contributed by atoms with Gasteiger partial charge in [0.15, 0.2) is 0 Å². The quantitative estimate of drug-likeness (QED) is 0.628. The third-order valence-electron chi connectivity index (χ3n) is 2.78. The van der Waals surface area contributed by atoms with Gasteiger partial charge >= 0.3 is 0 Å². The number of alkyl halides is 1. The molecule has 3 heteroatoms. The number of hydrogen-bond acceptors (Lipinski definition) is 1. The average molecular weight is 204 g/mol. The normalized spacial score (nSPS) is 16.8. The zero-order chi connectivity index (χ0) is 9.68. The maximum absolute atomic E-state index is 11.6. The molecule has 0 aromatic carbocycles. The lowest BCUT2D eigenvalue weighted by Crippen LogP contribution is -2.34. The first-order chi connectivity index (χ1) is 6.27. The van der Waals surface area contributed by atoms with Gasteiger partial charge < -0.3 is 4.90 Å². The molecule has 0 atom stereocenters. The summed E-state index contributed by atoms with van der Waals surface area (Å²) in [5.41, 5.74) is 0. The maximum Gasteiger partial charge on any atom is 0.222 e. The maximum atomic E-state index is 11.6. The van der Waals surface area contributed by atoms with E-state index in [4.69, 9.17) is 11.6 Å². The molecule has 1 saturated carbocycles. The Kier molecular flexibility index (Phi) is 4.57. The first kappa shape index (κ1) is 10.8. The summed E-state index contributed by atoms with van der Waals surface area (Å²) in [6.45, 7) is 3.49. The number of carbonyl (C=O) groups is 1. The van der Waals surface area contributed by atoms with E-state index in [1.54, 1.807) is 0 Å². The highest BCUT2D eigenvalue weighted by Gasteiger charge is 2.22. The van der Waals surface area contributed by atoms with E-state index in [0.717, 1.165) is 13.0 Å². The van der Waals surface area contributed by atoms with Gasteiger partial charge in [-0.05, 0) is 25.7 Å². The molecule has 1 rings (SSSR count). The Hall–Kier alpha value is -0.240. The largest absolute Gasteiger partial charge is 0.342 e. The van der Waals surface area contributed by atoms with Gasteiger partial charge in [0.25, 0.3) is 0 Å². The molecule has 0 aromatic rings. The highest BCUT2D eigenvalue weighted by Crippen LogP contribution is 2.29. The first-order valence-corrected chi connectivity index (χ1v) is 5.65. The third kappa shape index (κ3) is 3.18. The number of amides is 1. The molecule has 13 heavy (non-hydrogen) atoms. The molecule has 0 bridgehead atoms. The minimum atomic E-state index is 0.285. The minimum absolute atomic E-state index is 0.285. The topological polar surface area (TPSA) is 20.3 Å². The van der Waals surface area contributed by atoms with Crippen molar-refractivity contribution in [1.29, 1.82) is 0 Å². The molecule has 0 heterocycles. The van der Waals surface area contributed by atoms with Crippen molar-refractivity contribution in [2.75, 3.05) is 19.0 Å². The molecule has 76 valence electrons. The van der Waals surface area contributed by atoms with Gasteiger partial charge in [-0.3, -0.25) is 4.79 Å². The Bertz CT molecular complexity index is 168. The van der Waals surface area contributed by atoms with Gasteiger partial charge in [-0.25, -0.2) is 0 Å². The van der Waals surface area contributed by atoms with E-state index in [-0.39, 0.29) is 5.91 Å². The van der Waals surface area contributed by atoms with Gasteiger partial charge in [0.05, 0.1) is 0 Å². The lowest BCUT2D eigenvalue weighted by molar-refractivity contribution is -0.132. The van der Waals surface area contributed by atoms with Crippen molar-refractivity contribution in [1.82, 2.24) is 4.90 Å². The van der Waals surface area contributed by atoms with E-state index in [2.05, 4.69) is 0 Å². The van der Waals surface area contributed by atoms with Gasteiger partial charge in [0.2, 0.25) is 5.91 Å². The number of carbonyl (C=O) groups excluding carboxylic acids is 1. The van der Waals surface area contributed by atoms with Crippen molar-refractivity contribution in [3.05, 3.63) is 0 Å². The molecule has 1 amide bonds. The molecular formula is C10H18ClNO. The molecule has 0 aliphatic heterocycles. The lowest BCUT2D eigenvalue weighted by atomic mass is 9.83. The summed E-state index contributed by atoms with van der Waals surface area (Å²) in [5, 5.41) is 0. The summed E-state index contributed by atoms with van der Waals surface area (Å²) in [6, 6.07) is 0. The Morgan fingerprint density at radius 1 is 1.54 bits per heavy atom. The SMILES string of the molecule is CCN(CCCl)C(=O)CC1CCC1. The summed E-state index contributed by atoms with van der Waals surface area (Å²) in [6.07, 6.45) is 4.53. The smallest absolute Gasteiger partial charge is 0.222 e. The van der Waals surface area contributed by atoms with Crippen LogP contribution in [0.15, 0.2) is 0 Å². The zero-order valence-electron chi connectivity index (χ0n) is 8.26. The summed E-state index contributed by atoms with van der Waals surface area (Å²) in [4.78, 5) is 13.5. The highest BCUT2D eigenvalue weighted by atomic mass is 35.5. The van der Waals surface area contributed by atoms with E-state index in [9.17, 15) is 4.79 Å². The van der Waals surface area contributed by atoms with Crippen LogP contribution in [0.1, 0.15) is 32.6 Å². The summed E-state index contributed by atoms with van der Waals surface area (Å²) >= 11 is 5.61. The number of halogens is 1. The molecule has 1 aliphatic carbocycles. The van der Waals surface area contributed by atoms with E-state index >= 15 is 0 Å². The molecule has 2 nitrogen and oxygen atoms in total. The molecular weight excluding hydrogens is 186 g/mol. The minimum Gasteiger partial charge on any atom is -0.342 e. The number of rotatable bonds is 5. The molecule has 0 unspecified atom stereocenters. The van der Waals surface area contributed by atoms with Gasteiger partial charge in [0.1, 0.15) is 0 Å². The fourth-order valence-corrected chi connectivity index (χ4v) is 1.84. The Morgan fingerprint density at radius 3 is 2.62 bits per heavy atom. The van der Waals surface area contributed by atoms with E-state index in [1.807, 2.05) is 11.8 Å². The zero-order valence-corrected chi connectivity index (χ0v) is 9.02. The fraction of sp³-hybridized carbons (Fsp3) is 0.900. The van der Waals surface area contributed by atoms with Crippen LogP contribution in [0.2, 0.25) is 0 Å². The molecule has 0 aromatic heterocycles. The Labute approximate surface area is 85.2 Å². The summed E-state index contributed by atoms with van der Waals surface area (Å²) < 4.78 is 0. The monoisotopic (exact) mass is 203 g/mol. The number of nitrogens with zero attached hydrogens (tertiary/aromatic N) is 1. The van der Waals surface area contributed by atoms with Gasteiger partial charge in [-0.1, -0.05) is 6.42 Å². The second-order valence-electron chi connectivity index (χ2n) is 3.66. The van der Waals surface area contributed by atoms with Crippen molar-refractivity contribution in [2.24, 2.45) is 5.92 Å². The first-order valence-electron chi connectivity index (χ1n) is 5.11. The van der Waals surface area contributed by atoms with Crippen LogP contribution in [0.4, 0.5) is 0 Å². The fourth-order valence-electron chi connectivity index (χ4n) is 1.63. The van der Waals surface area contributed by atoms with Crippen molar-refractivity contribution >= 4 is 17.5 Å². The lowest BCUT2D eigenvalue weighted by Gasteiger charge is -2.28. The van der Waals surface area contributed by atoms with Crippen LogP contribution in [-0.2, 0) is 4.79 Å². The number of hydrogen-bond donors (Lipinski definition) is 0. The van der Waals surface area contributed by atoms with Gasteiger partial charge in [-0.2, -0.15) is 0 Å².